The third-order valence-electron chi connectivity index (χ3n) is 2.83. The summed E-state index contributed by atoms with van der Waals surface area (Å²) in [6, 6.07) is 0. The van der Waals surface area contributed by atoms with Crippen LogP contribution < -0.4 is 5.32 Å². The maximum Gasteiger partial charge on any atom is 0.245 e. The van der Waals surface area contributed by atoms with Gasteiger partial charge in [0.25, 0.3) is 0 Å². The van der Waals surface area contributed by atoms with Gasteiger partial charge in [0.05, 0.1) is 6.54 Å². The molecular formula is C14H23N3O2S. The van der Waals surface area contributed by atoms with Crippen LogP contribution >= 0.6 is 11.3 Å². The number of anilines is 1. The monoisotopic (exact) mass is 297 g/mol. The molecule has 112 valence electrons. The Kier molecular flexibility index (Phi) is 6.64. The average molecular weight is 297 g/mol. The normalized spacial score (nSPS) is 10.7. The zero-order valence-corrected chi connectivity index (χ0v) is 13.4. The molecule has 5 nitrogen and oxygen atoms in total. The van der Waals surface area contributed by atoms with Gasteiger partial charge in [-0.2, -0.15) is 0 Å². The lowest BCUT2D eigenvalue weighted by Crippen LogP contribution is -2.38. The van der Waals surface area contributed by atoms with Crippen LogP contribution in [-0.2, 0) is 9.59 Å². The lowest BCUT2D eigenvalue weighted by molar-refractivity contribution is -0.134. The molecule has 0 aliphatic rings. The Labute approximate surface area is 124 Å². The molecule has 1 aromatic heterocycles. The average Bonchev–Trinajstić information content (AvgIpc) is 2.78. The second-order valence-electron chi connectivity index (χ2n) is 5.18. The lowest BCUT2D eigenvalue weighted by Gasteiger charge is -2.22. The van der Waals surface area contributed by atoms with E-state index in [4.69, 9.17) is 0 Å². The van der Waals surface area contributed by atoms with E-state index in [0.29, 0.717) is 24.0 Å². The SMILES string of the molecule is CCC(=O)N(CCC(C)C)CC(=O)Nc1ncc(C)s1. The number of nitrogens with zero attached hydrogens (tertiary/aromatic N) is 2. The standard InChI is InChI=1S/C14H23N3O2S/c1-5-13(19)17(7-6-10(2)3)9-12(18)16-14-15-8-11(4)20-14/h8,10H,5-7,9H2,1-4H3,(H,15,16,18). The number of rotatable bonds is 7. The highest BCUT2D eigenvalue weighted by molar-refractivity contribution is 7.15. The first-order valence-electron chi connectivity index (χ1n) is 6.92. The quantitative estimate of drug-likeness (QED) is 0.841. The van der Waals surface area contributed by atoms with Gasteiger partial charge in [-0.05, 0) is 19.3 Å². The van der Waals surface area contributed by atoms with E-state index in [2.05, 4.69) is 24.1 Å². The van der Waals surface area contributed by atoms with Crippen LogP contribution in [0.2, 0.25) is 0 Å². The topological polar surface area (TPSA) is 62.3 Å². The molecule has 1 N–H and O–H groups in total. The Hall–Kier alpha value is -1.43. The fraction of sp³-hybridized carbons (Fsp3) is 0.643. The first-order valence-corrected chi connectivity index (χ1v) is 7.74. The summed E-state index contributed by atoms with van der Waals surface area (Å²) in [6.45, 7) is 8.67. The number of hydrogen-bond acceptors (Lipinski definition) is 4. The highest BCUT2D eigenvalue weighted by Gasteiger charge is 2.16. The molecule has 1 heterocycles. The second kappa shape index (κ2) is 7.99. The minimum Gasteiger partial charge on any atom is -0.333 e. The van der Waals surface area contributed by atoms with Crippen molar-refractivity contribution in [1.29, 1.82) is 0 Å². The summed E-state index contributed by atoms with van der Waals surface area (Å²) < 4.78 is 0. The summed E-state index contributed by atoms with van der Waals surface area (Å²) in [7, 11) is 0. The van der Waals surface area contributed by atoms with Crippen molar-refractivity contribution in [3.8, 4) is 0 Å². The molecule has 0 aliphatic carbocycles. The Morgan fingerprint density at radius 3 is 2.65 bits per heavy atom. The Bertz CT molecular complexity index is 457. The Morgan fingerprint density at radius 2 is 2.15 bits per heavy atom. The van der Waals surface area contributed by atoms with Crippen molar-refractivity contribution < 1.29 is 9.59 Å². The Morgan fingerprint density at radius 1 is 1.45 bits per heavy atom. The van der Waals surface area contributed by atoms with Crippen molar-refractivity contribution in [2.75, 3.05) is 18.4 Å². The highest BCUT2D eigenvalue weighted by Crippen LogP contribution is 2.16. The maximum atomic E-state index is 12.0. The van der Waals surface area contributed by atoms with Crippen LogP contribution in [0.1, 0.15) is 38.5 Å². The summed E-state index contributed by atoms with van der Waals surface area (Å²) in [5.41, 5.74) is 0. The van der Waals surface area contributed by atoms with Gasteiger partial charge in [0.2, 0.25) is 11.8 Å². The summed E-state index contributed by atoms with van der Waals surface area (Å²) >= 11 is 1.43. The summed E-state index contributed by atoms with van der Waals surface area (Å²) in [5, 5.41) is 3.32. The molecule has 0 radical (unpaired) electrons. The summed E-state index contributed by atoms with van der Waals surface area (Å²) in [5.74, 6) is 0.327. The van der Waals surface area contributed by atoms with E-state index in [1.165, 1.54) is 11.3 Å². The molecule has 0 atom stereocenters. The van der Waals surface area contributed by atoms with Crippen LogP contribution in [-0.4, -0.2) is 34.8 Å². The van der Waals surface area contributed by atoms with E-state index in [1.54, 1.807) is 11.1 Å². The first kappa shape index (κ1) is 16.6. The Balaban J connectivity index is 2.54. The van der Waals surface area contributed by atoms with Crippen LogP contribution in [0.4, 0.5) is 5.13 Å². The molecule has 0 aromatic carbocycles. The number of amides is 2. The molecule has 0 unspecified atom stereocenters. The van der Waals surface area contributed by atoms with Crippen LogP contribution in [0.15, 0.2) is 6.20 Å². The van der Waals surface area contributed by atoms with Crippen molar-refractivity contribution in [3.63, 3.8) is 0 Å². The van der Waals surface area contributed by atoms with E-state index >= 15 is 0 Å². The highest BCUT2D eigenvalue weighted by atomic mass is 32.1. The molecule has 2 amide bonds. The fourth-order valence-corrected chi connectivity index (χ4v) is 2.35. The van der Waals surface area contributed by atoms with E-state index in [9.17, 15) is 9.59 Å². The number of aromatic nitrogens is 1. The van der Waals surface area contributed by atoms with Crippen molar-refractivity contribution in [3.05, 3.63) is 11.1 Å². The third kappa shape index (κ3) is 5.69. The van der Waals surface area contributed by atoms with Gasteiger partial charge in [-0.25, -0.2) is 4.98 Å². The maximum absolute atomic E-state index is 12.0. The number of hydrogen-bond donors (Lipinski definition) is 1. The largest absolute Gasteiger partial charge is 0.333 e. The number of carbonyl (C=O) groups is 2. The first-order chi connectivity index (χ1) is 9.42. The van der Waals surface area contributed by atoms with Crippen LogP contribution in [0, 0.1) is 12.8 Å². The van der Waals surface area contributed by atoms with Crippen molar-refractivity contribution in [2.45, 2.75) is 40.5 Å². The van der Waals surface area contributed by atoms with Crippen molar-refractivity contribution in [1.82, 2.24) is 9.88 Å². The van der Waals surface area contributed by atoms with E-state index in [0.717, 1.165) is 11.3 Å². The minimum absolute atomic E-state index is 0.0103. The van der Waals surface area contributed by atoms with E-state index in [-0.39, 0.29) is 18.4 Å². The molecule has 0 fully saturated rings. The van der Waals surface area contributed by atoms with Gasteiger partial charge in [0.15, 0.2) is 5.13 Å². The van der Waals surface area contributed by atoms with Gasteiger partial charge in [0.1, 0.15) is 0 Å². The van der Waals surface area contributed by atoms with Crippen LogP contribution in [0.5, 0.6) is 0 Å². The zero-order chi connectivity index (χ0) is 15.1. The predicted molar refractivity (Wildman–Crippen MR) is 81.8 cm³/mol. The predicted octanol–water partition coefficient (Wildman–Crippen LogP) is 2.67. The van der Waals surface area contributed by atoms with Crippen molar-refractivity contribution in [2.24, 2.45) is 5.92 Å². The van der Waals surface area contributed by atoms with Crippen LogP contribution in [0.3, 0.4) is 0 Å². The summed E-state index contributed by atoms with van der Waals surface area (Å²) in [4.78, 5) is 30.6. The van der Waals surface area contributed by atoms with Gasteiger partial charge in [-0.1, -0.05) is 20.8 Å². The van der Waals surface area contributed by atoms with Crippen molar-refractivity contribution >= 4 is 28.3 Å². The number of nitrogens with one attached hydrogen (secondary N) is 1. The van der Waals surface area contributed by atoms with Gasteiger partial charge >= 0.3 is 0 Å². The molecule has 1 aromatic rings. The molecular weight excluding hydrogens is 274 g/mol. The zero-order valence-electron chi connectivity index (χ0n) is 12.6. The molecule has 20 heavy (non-hydrogen) atoms. The van der Waals surface area contributed by atoms with Gasteiger partial charge < -0.3 is 10.2 Å². The molecule has 6 heteroatoms. The van der Waals surface area contributed by atoms with Gasteiger partial charge in [0, 0.05) is 24.0 Å². The lowest BCUT2D eigenvalue weighted by atomic mass is 10.1. The van der Waals surface area contributed by atoms with E-state index < -0.39 is 0 Å². The number of thiazole rings is 1. The number of aryl methyl sites for hydroxylation is 1. The van der Waals surface area contributed by atoms with Gasteiger partial charge in [-0.3, -0.25) is 9.59 Å². The number of carbonyl (C=O) groups excluding carboxylic acids is 2. The second-order valence-corrected chi connectivity index (χ2v) is 6.41. The molecule has 0 spiro atoms. The molecule has 1 rings (SSSR count). The molecule has 0 saturated heterocycles. The molecule has 0 bridgehead atoms. The molecule has 0 saturated carbocycles. The molecule has 0 aliphatic heterocycles. The smallest absolute Gasteiger partial charge is 0.245 e. The minimum atomic E-state index is -0.190. The van der Waals surface area contributed by atoms with Crippen LogP contribution in [0.25, 0.3) is 0 Å². The fourth-order valence-electron chi connectivity index (χ4n) is 1.67. The van der Waals surface area contributed by atoms with E-state index in [1.807, 2.05) is 13.8 Å². The summed E-state index contributed by atoms with van der Waals surface area (Å²) in [6.07, 6.45) is 3.03. The third-order valence-corrected chi connectivity index (χ3v) is 3.66. The van der Waals surface area contributed by atoms with Gasteiger partial charge in [-0.15, -0.1) is 11.3 Å².